The number of ether oxygens (including phenoxy) is 1. The van der Waals surface area contributed by atoms with Gasteiger partial charge in [0.25, 0.3) is 17.5 Å². The highest BCUT2D eigenvalue weighted by Crippen LogP contribution is 2.29. The molecule has 1 heterocycles. The number of nitrogens with zero attached hydrogens (tertiary/aromatic N) is 3. The van der Waals surface area contributed by atoms with Gasteiger partial charge >= 0.3 is 0 Å². The number of hydrogen-bond donors (Lipinski definition) is 0. The van der Waals surface area contributed by atoms with Crippen LogP contribution in [0.3, 0.4) is 0 Å². The Balaban J connectivity index is 1.63. The molecule has 0 N–H and O–H groups in total. The Labute approximate surface area is 208 Å². The third kappa shape index (κ3) is 5.25. The van der Waals surface area contributed by atoms with Crippen LogP contribution in [0.5, 0.6) is 5.75 Å². The summed E-state index contributed by atoms with van der Waals surface area (Å²) in [7, 11) is 0. The summed E-state index contributed by atoms with van der Waals surface area (Å²) >= 11 is 0. The first-order valence-corrected chi connectivity index (χ1v) is 11.6. The van der Waals surface area contributed by atoms with Gasteiger partial charge in [-0.05, 0) is 49.2 Å². The maximum Gasteiger partial charge on any atom is 0.270 e. The number of carbonyl (C=O) groups excluding carboxylic acids is 3. The average Bonchev–Trinajstić information content (AvgIpc) is 3.18. The zero-order valence-corrected chi connectivity index (χ0v) is 19.7. The first-order valence-electron chi connectivity index (χ1n) is 11.6. The van der Waals surface area contributed by atoms with E-state index < -0.39 is 28.7 Å². The molecule has 0 bridgehead atoms. The van der Waals surface area contributed by atoms with Crippen molar-refractivity contribution < 1.29 is 24.0 Å². The van der Waals surface area contributed by atoms with Gasteiger partial charge in [-0.25, -0.2) is 4.90 Å². The van der Waals surface area contributed by atoms with Crippen LogP contribution in [0.25, 0.3) is 0 Å². The summed E-state index contributed by atoms with van der Waals surface area (Å²) in [5.74, 6) is -0.877. The molecule has 1 aliphatic rings. The molecule has 1 aliphatic heterocycles. The number of nitro groups is 1. The van der Waals surface area contributed by atoms with Crippen LogP contribution in [0.2, 0.25) is 0 Å². The summed E-state index contributed by atoms with van der Waals surface area (Å²) in [6, 6.07) is 20.4. The van der Waals surface area contributed by atoms with Gasteiger partial charge in [0.15, 0.2) is 0 Å². The lowest BCUT2D eigenvalue weighted by Gasteiger charge is -2.28. The normalized spacial score (nSPS) is 15.1. The predicted octanol–water partition coefficient (Wildman–Crippen LogP) is 4.01. The molecule has 184 valence electrons. The topological polar surface area (TPSA) is 110 Å². The molecule has 0 saturated carbocycles. The molecule has 9 heteroatoms. The van der Waals surface area contributed by atoms with Gasteiger partial charge in [0, 0.05) is 24.2 Å². The lowest BCUT2D eigenvalue weighted by Crippen LogP contribution is -2.46. The summed E-state index contributed by atoms with van der Waals surface area (Å²) in [6.45, 7) is 2.50. The van der Waals surface area contributed by atoms with Crippen LogP contribution in [-0.4, -0.2) is 46.7 Å². The number of anilines is 1. The molecular formula is C27H25N3O6. The summed E-state index contributed by atoms with van der Waals surface area (Å²) in [5, 5.41) is 11.2. The largest absolute Gasteiger partial charge is 0.494 e. The molecule has 9 nitrogen and oxygen atoms in total. The van der Waals surface area contributed by atoms with Gasteiger partial charge in [0.05, 0.1) is 23.6 Å². The number of carbonyl (C=O) groups is 3. The summed E-state index contributed by atoms with van der Waals surface area (Å²) in [6.07, 6.45) is 0.268. The third-order valence-electron chi connectivity index (χ3n) is 5.95. The van der Waals surface area contributed by atoms with E-state index in [1.165, 1.54) is 29.2 Å². The van der Waals surface area contributed by atoms with Gasteiger partial charge in [-0.3, -0.25) is 24.5 Å². The van der Waals surface area contributed by atoms with Gasteiger partial charge in [0.1, 0.15) is 11.8 Å². The Morgan fingerprint density at radius 2 is 1.78 bits per heavy atom. The van der Waals surface area contributed by atoms with Crippen molar-refractivity contribution in [2.75, 3.05) is 18.1 Å². The Bertz CT molecular complexity index is 1280. The minimum absolute atomic E-state index is 0.0806. The van der Waals surface area contributed by atoms with Crippen LogP contribution in [0.1, 0.15) is 29.3 Å². The van der Waals surface area contributed by atoms with Crippen LogP contribution in [0.4, 0.5) is 11.4 Å². The van der Waals surface area contributed by atoms with E-state index in [2.05, 4.69) is 0 Å². The minimum Gasteiger partial charge on any atom is -0.494 e. The Kier molecular flexibility index (Phi) is 7.39. The van der Waals surface area contributed by atoms with Crippen molar-refractivity contribution in [1.82, 2.24) is 4.90 Å². The van der Waals surface area contributed by atoms with Crippen molar-refractivity contribution in [3.8, 4) is 5.75 Å². The van der Waals surface area contributed by atoms with E-state index in [-0.39, 0.29) is 24.2 Å². The summed E-state index contributed by atoms with van der Waals surface area (Å²) < 4.78 is 5.43. The number of nitro benzene ring substituents is 1. The highest BCUT2D eigenvalue weighted by Gasteiger charge is 2.44. The first kappa shape index (κ1) is 24.6. The predicted molar refractivity (Wildman–Crippen MR) is 133 cm³/mol. The standard InChI is InChI=1S/C27H25N3O6/c1-2-36-23-13-11-21(12-14-23)29-25(31)18-24(27(29)33)28(16-15-19-7-4-3-5-8-19)26(32)20-9-6-10-22(17-20)30(34)35/h3-14,17,24H,2,15-16,18H2,1H3. The molecule has 1 fully saturated rings. The maximum atomic E-state index is 13.5. The van der Waals surface area contributed by atoms with E-state index in [4.69, 9.17) is 4.74 Å². The van der Waals surface area contributed by atoms with Crippen molar-refractivity contribution >= 4 is 29.1 Å². The second-order valence-electron chi connectivity index (χ2n) is 8.26. The molecule has 36 heavy (non-hydrogen) atoms. The van der Waals surface area contributed by atoms with E-state index >= 15 is 0 Å². The SMILES string of the molecule is CCOc1ccc(N2C(=O)CC(N(CCc3ccccc3)C(=O)c3cccc([N+](=O)[O-])c3)C2=O)cc1. The molecule has 1 unspecified atom stereocenters. The van der Waals surface area contributed by atoms with Crippen molar-refractivity contribution in [3.63, 3.8) is 0 Å². The maximum absolute atomic E-state index is 13.5. The minimum atomic E-state index is -1.03. The quantitative estimate of drug-likeness (QED) is 0.256. The lowest BCUT2D eigenvalue weighted by atomic mass is 10.1. The van der Waals surface area contributed by atoms with Gasteiger partial charge in [-0.1, -0.05) is 36.4 Å². The molecule has 3 aromatic carbocycles. The Morgan fingerprint density at radius 1 is 1.06 bits per heavy atom. The zero-order chi connectivity index (χ0) is 25.7. The zero-order valence-electron chi connectivity index (χ0n) is 19.7. The molecular weight excluding hydrogens is 462 g/mol. The van der Waals surface area contributed by atoms with Crippen LogP contribution < -0.4 is 9.64 Å². The molecule has 0 aromatic heterocycles. The molecule has 3 amide bonds. The molecule has 0 spiro atoms. The fraction of sp³-hybridized carbons (Fsp3) is 0.222. The third-order valence-corrected chi connectivity index (χ3v) is 5.95. The number of imide groups is 1. The first-order chi connectivity index (χ1) is 17.4. The molecule has 0 radical (unpaired) electrons. The highest BCUT2D eigenvalue weighted by atomic mass is 16.6. The second kappa shape index (κ2) is 10.8. The Morgan fingerprint density at radius 3 is 2.44 bits per heavy atom. The van der Waals surface area contributed by atoms with E-state index in [1.807, 2.05) is 37.3 Å². The Hall–Kier alpha value is -4.53. The van der Waals surface area contributed by atoms with E-state index in [0.717, 1.165) is 10.5 Å². The van der Waals surface area contributed by atoms with Gasteiger partial charge in [-0.2, -0.15) is 0 Å². The van der Waals surface area contributed by atoms with Crippen LogP contribution in [0, 0.1) is 10.1 Å². The van der Waals surface area contributed by atoms with Crippen molar-refractivity contribution in [2.24, 2.45) is 0 Å². The molecule has 3 aromatic rings. The van der Waals surface area contributed by atoms with Gasteiger partial charge < -0.3 is 9.64 Å². The van der Waals surface area contributed by atoms with Crippen molar-refractivity contribution in [1.29, 1.82) is 0 Å². The van der Waals surface area contributed by atoms with Crippen LogP contribution in [0.15, 0.2) is 78.9 Å². The number of hydrogen-bond acceptors (Lipinski definition) is 6. The summed E-state index contributed by atoms with van der Waals surface area (Å²) in [4.78, 5) is 53.0. The van der Waals surface area contributed by atoms with E-state index in [9.17, 15) is 24.5 Å². The molecule has 1 saturated heterocycles. The van der Waals surface area contributed by atoms with Gasteiger partial charge in [0.2, 0.25) is 5.91 Å². The molecule has 0 aliphatic carbocycles. The fourth-order valence-electron chi connectivity index (χ4n) is 4.20. The van der Waals surface area contributed by atoms with E-state index in [1.54, 1.807) is 24.3 Å². The average molecular weight is 488 g/mol. The molecule has 1 atom stereocenters. The highest BCUT2D eigenvalue weighted by molar-refractivity contribution is 6.23. The van der Waals surface area contributed by atoms with Crippen molar-refractivity contribution in [3.05, 3.63) is 100 Å². The van der Waals surface area contributed by atoms with E-state index in [0.29, 0.717) is 24.5 Å². The summed E-state index contributed by atoms with van der Waals surface area (Å²) in [5.41, 5.74) is 1.20. The number of non-ortho nitro benzene ring substituents is 1. The second-order valence-corrected chi connectivity index (χ2v) is 8.26. The fourth-order valence-corrected chi connectivity index (χ4v) is 4.20. The smallest absolute Gasteiger partial charge is 0.270 e. The number of amides is 3. The number of benzene rings is 3. The lowest BCUT2D eigenvalue weighted by molar-refractivity contribution is -0.384. The van der Waals surface area contributed by atoms with Crippen LogP contribution in [-0.2, 0) is 16.0 Å². The monoisotopic (exact) mass is 487 g/mol. The number of rotatable bonds is 9. The van der Waals surface area contributed by atoms with Crippen molar-refractivity contribution in [2.45, 2.75) is 25.8 Å². The van der Waals surface area contributed by atoms with Gasteiger partial charge in [-0.15, -0.1) is 0 Å². The molecule has 4 rings (SSSR count). The van der Waals surface area contributed by atoms with Crippen LogP contribution >= 0.6 is 0 Å².